The zero-order valence-corrected chi connectivity index (χ0v) is 25.5. The van der Waals surface area contributed by atoms with E-state index >= 15 is 0 Å². The fourth-order valence-electron chi connectivity index (χ4n) is 6.62. The van der Waals surface area contributed by atoms with E-state index in [1.807, 2.05) is 36.4 Å². The van der Waals surface area contributed by atoms with Crippen molar-refractivity contribution in [1.29, 1.82) is 5.26 Å². The van der Waals surface area contributed by atoms with Gasteiger partial charge in [0.05, 0.1) is 58.5 Å². The van der Waals surface area contributed by atoms with E-state index in [-0.39, 0.29) is 0 Å². The van der Waals surface area contributed by atoms with Crippen molar-refractivity contribution in [1.82, 2.24) is 23.2 Å². The highest BCUT2D eigenvalue weighted by Gasteiger charge is 2.26. The lowest BCUT2D eigenvalue weighted by molar-refractivity contribution is 1.15. The van der Waals surface area contributed by atoms with Crippen LogP contribution >= 0.6 is 0 Å². The number of anilines is 3. The van der Waals surface area contributed by atoms with E-state index in [1.165, 1.54) is 5.19 Å². The van der Waals surface area contributed by atoms with Crippen LogP contribution in [0.15, 0.2) is 109 Å². The van der Waals surface area contributed by atoms with Crippen LogP contribution in [0.2, 0.25) is 19.6 Å². The van der Waals surface area contributed by atoms with Crippen LogP contribution in [0.4, 0.5) is 17.1 Å². The van der Waals surface area contributed by atoms with Gasteiger partial charge in [-0.2, -0.15) is 5.26 Å². The number of para-hydroxylation sites is 4. The molecule has 0 amide bonds. The first-order valence-corrected chi connectivity index (χ1v) is 18.3. The van der Waals surface area contributed by atoms with Gasteiger partial charge in [0.25, 0.3) is 0 Å². The molecule has 0 atom stereocenters. The molecular formula is C36H27N7Si. The predicted molar refractivity (Wildman–Crippen MR) is 181 cm³/mol. The maximum absolute atomic E-state index is 9.52. The summed E-state index contributed by atoms with van der Waals surface area (Å²) in [5.74, 6) is 1.69. The summed E-state index contributed by atoms with van der Waals surface area (Å²) in [7, 11) is -1.48. The van der Waals surface area contributed by atoms with Crippen LogP contribution in [0.25, 0.3) is 50.2 Å². The number of imidazole rings is 4. The molecule has 4 heterocycles. The normalized spacial score (nSPS) is 12.4. The summed E-state index contributed by atoms with van der Waals surface area (Å²) in [6.07, 6.45) is 0. The Morgan fingerprint density at radius 3 is 1.59 bits per heavy atom. The van der Waals surface area contributed by atoms with Crippen molar-refractivity contribution in [3.8, 4) is 6.07 Å². The fourth-order valence-corrected chi connectivity index (χ4v) is 7.79. The number of hydrogen-bond donors (Lipinski definition) is 0. The van der Waals surface area contributed by atoms with Gasteiger partial charge in [0, 0.05) is 11.4 Å². The lowest BCUT2D eigenvalue weighted by atomic mass is 10.1. The van der Waals surface area contributed by atoms with Gasteiger partial charge >= 0.3 is 0 Å². The molecule has 0 saturated carbocycles. The third-order valence-corrected chi connectivity index (χ3v) is 10.8. The van der Waals surface area contributed by atoms with Crippen molar-refractivity contribution in [3.63, 3.8) is 0 Å². The van der Waals surface area contributed by atoms with E-state index in [4.69, 9.17) is 9.97 Å². The van der Waals surface area contributed by atoms with Gasteiger partial charge in [-0.1, -0.05) is 61.2 Å². The molecule has 0 N–H and O–H groups in total. The number of hydrogen-bond acceptors (Lipinski definition) is 4. The SMILES string of the molecule is C[Si](C)(C)c1ccc(N(c2ccc(C#N)cc2)c2cc3c4c(c2)n2c5ccccc5nc2n4c2nc4ccccc4n32)cc1. The quantitative estimate of drug-likeness (QED) is 0.196. The zero-order chi connectivity index (χ0) is 29.7. The van der Waals surface area contributed by atoms with Crippen molar-refractivity contribution in [2.24, 2.45) is 0 Å². The number of nitriles is 1. The second-order valence-electron chi connectivity index (χ2n) is 12.4. The summed E-state index contributed by atoms with van der Waals surface area (Å²) in [6, 6.07) is 40.2. The topological polar surface area (TPSA) is 66.0 Å². The van der Waals surface area contributed by atoms with Gasteiger partial charge < -0.3 is 4.90 Å². The average molecular weight is 586 g/mol. The van der Waals surface area contributed by atoms with Gasteiger partial charge in [0.1, 0.15) is 5.52 Å². The number of aromatic nitrogens is 5. The van der Waals surface area contributed by atoms with E-state index in [0.29, 0.717) is 5.56 Å². The molecule has 210 valence electrons. The summed E-state index contributed by atoms with van der Waals surface area (Å²) in [4.78, 5) is 12.5. The lowest BCUT2D eigenvalue weighted by Gasteiger charge is -2.27. The molecule has 9 aromatic rings. The van der Waals surface area contributed by atoms with Gasteiger partial charge in [0.15, 0.2) is 0 Å². The Bertz CT molecular complexity index is 2470. The maximum Gasteiger partial charge on any atom is 0.223 e. The minimum atomic E-state index is -1.48. The molecule has 0 saturated heterocycles. The monoisotopic (exact) mass is 585 g/mol. The molecular weight excluding hydrogens is 559 g/mol. The smallest absolute Gasteiger partial charge is 0.223 e. The predicted octanol–water partition coefficient (Wildman–Crippen LogP) is 8.02. The van der Waals surface area contributed by atoms with Gasteiger partial charge in [0.2, 0.25) is 11.6 Å². The van der Waals surface area contributed by atoms with E-state index in [1.54, 1.807) is 0 Å². The Morgan fingerprint density at radius 2 is 1.09 bits per heavy atom. The molecule has 0 radical (unpaired) electrons. The van der Waals surface area contributed by atoms with E-state index in [9.17, 15) is 5.26 Å². The zero-order valence-electron chi connectivity index (χ0n) is 24.5. The molecule has 0 aliphatic rings. The Balaban J connectivity index is 1.42. The summed E-state index contributed by atoms with van der Waals surface area (Å²) in [5.41, 5.74) is 10.9. The van der Waals surface area contributed by atoms with Crippen LogP contribution in [0.1, 0.15) is 5.56 Å². The van der Waals surface area contributed by atoms with Crippen LogP contribution in [-0.4, -0.2) is 31.2 Å². The summed E-state index contributed by atoms with van der Waals surface area (Å²) in [5, 5.41) is 10.9. The molecule has 5 aromatic carbocycles. The number of nitrogens with zero attached hydrogens (tertiary/aromatic N) is 7. The first kappa shape index (κ1) is 24.9. The molecule has 0 bridgehead atoms. The Morgan fingerprint density at radius 1 is 0.591 bits per heavy atom. The maximum atomic E-state index is 9.52. The second-order valence-corrected chi connectivity index (χ2v) is 17.5. The molecule has 44 heavy (non-hydrogen) atoms. The number of benzene rings is 5. The molecule has 0 unspecified atom stereocenters. The largest absolute Gasteiger partial charge is 0.310 e. The summed E-state index contributed by atoms with van der Waals surface area (Å²) in [6.45, 7) is 7.11. The van der Waals surface area contributed by atoms with Crippen molar-refractivity contribution in [2.45, 2.75) is 19.6 Å². The van der Waals surface area contributed by atoms with Crippen LogP contribution in [0.3, 0.4) is 0 Å². The summed E-state index contributed by atoms with van der Waals surface area (Å²) < 4.78 is 6.71. The van der Waals surface area contributed by atoms with Crippen LogP contribution < -0.4 is 10.1 Å². The second kappa shape index (κ2) is 8.69. The molecule has 4 aromatic heterocycles. The molecule has 0 spiro atoms. The van der Waals surface area contributed by atoms with Crippen molar-refractivity contribution in [3.05, 3.63) is 115 Å². The Hall–Kier alpha value is -5.65. The van der Waals surface area contributed by atoms with Crippen molar-refractivity contribution in [2.75, 3.05) is 4.90 Å². The van der Waals surface area contributed by atoms with Gasteiger partial charge in [-0.15, -0.1) is 0 Å². The lowest BCUT2D eigenvalue weighted by Crippen LogP contribution is -2.37. The van der Waals surface area contributed by atoms with E-state index < -0.39 is 8.07 Å². The Kier molecular flexibility index (Phi) is 4.92. The highest BCUT2D eigenvalue weighted by molar-refractivity contribution is 6.88. The first-order valence-electron chi connectivity index (χ1n) is 14.8. The third kappa shape index (κ3) is 3.35. The molecule has 0 fully saturated rings. The number of fused-ring (bicyclic) bond motifs is 10. The van der Waals surface area contributed by atoms with E-state index in [0.717, 1.165) is 67.2 Å². The molecule has 8 heteroatoms. The average Bonchev–Trinajstić information content (AvgIpc) is 3.76. The van der Waals surface area contributed by atoms with Crippen molar-refractivity contribution >= 4 is 80.5 Å². The molecule has 7 nitrogen and oxygen atoms in total. The third-order valence-electron chi connectivity index (χ3n) is 8.75. The first-order chi connectivity index (χ1) is 21.4. The highest BCUT2D eigenvalue weighted by atomic mass is 28.3. The minimum absolute atomic E-state index is 0.634. The van der Waals surface area contributed by atoms with E-state index in [2.05, 4.69) is 117 Å². The Labute approximate surface area is 253 Å². The fraction of sp³-hybridized carbons (Fsp3) is 0.0833. The van der Waals surface area contributed by atoms with Crippen LogP contribution in [-0.2, 0) is 0 Å². The number of rotatable bonds is 4. The van der Waals surface area contributed by atoms with Gasteiger partial charge in [-0.3, -0.25) is 8.80 Å². The van der Waals surface area contributed by atoms with Crippen LogP contribution in [0.5, 0.6) is 0 Å². The molecule has 9 rings (SSSR count). The molecule has 0 aliphatic heterocycles. The van der Waals surface area contributed by atoms with Gasteiger partial charge in [-0.25, -0.2) is 14.4 Å². The summed E-state index contributed by atoms with van der Waals surface area (Å²) >= 11 is 0. The highest BCUT2D eigenvalue weighted by Crippen LogP contribution is 2.41. The minimum Gasteiger partial charge on any atom is -0.310 e. The molecule has 0 aliphatic carbocycles. The van der Waals surface area contributed by atoms with Gasteiger partial charge in [-0.05, 0) is 72.8 Å². The van der Waals surface area contributed by atoms with Crippen LogP contribution in [0, 0.1) is 11.3 Å². The standard InChI is InChI=1S/C36H27N7Si/c1-44(2,3)27-18-16-25(17-19-27)40(24-14-12-23(22-37)13-15-24)26-20-32-34-33(21-26)42-31-11-7-5-9-29(31)39-36(42)43(34)35-38-28-8-4-6-10-30(28)41(32)35/h4-21H,1-3H3. The van der Waals surface area contributed by atoms with Crippen molar-refractivity contribution < 1.29 is 0 Å².